The molecule has 2 aliphatic heterocycles. The molecule has 20 heavy (non-hydrogen) atoms. The fourth-order valence-corrected chi connectivity index (χ4v) is 3.57. The first-order valence-electron chi connectivity index (χ1n) is 7.92. The van der Waals surface area contributed by atoms with Crippen LogP contribution in [-0.2, 0) is 9.59 Å². The van der Waals surface area contributed by atoms with Crippen molar-refractivity contribution in [2.24, 2.45) is 11.3 Å². The Balaban J connectivity index is 1.82. The van der Waals surface area contributed by atoms with Crippen molar-refractivity contribution in [2.45, 2.75) is 46.5 Å². The van der Waals surface area contributed by atoms with E-state index in [1.165, 1.54) is 12.8 Å². The highest BCUT2D eigenvalue weighted by Crippen LogP contribution is 2.41. The van der Waals surface area contributed by atoms with E-state index in [1.807, 2.05) is 18.7 Å². The molecule has 2 fully saturated rings. The zero-order valence-electron chi connectivity index (χ0n) is 13.2. The summed E-state index contributed by atoms with van der Waals surface area (Å²) in [7, 11) is 0. The second-order valence-corrected chi connectivity index (χ2v) is 6.96. The molecule has 0 aromatic carbocycles. The predicted octanol–water partition coefficient (Wildman–Crippen LogP) is 1.94. The molecular weight excluding hydrogens is 252 g/mol. The van der Waals surface area contributed by atoms with Crippen LogP contribution in [0.4, 0.5) is 0 Å². The number of rotatable bonds is 3. The van der Waals surface area contributed by atoms with E-state index in [1.54, 1.807) is 6.92 Å². The van der Waals surface area contributed by atoms with Gasteiger partial charge in [0.05, 0.1) is 6.54 Å². The van der Waals surface area contributed by atoms with Gasteiger partial charge < -0.3 is 4.90 Å². The molecule has 114 valence electrons. The van der Waals surface area contributed by atoms with Crippen LogP contribution in [0.25, 0.3) is 0 Å². The minimum absolute atomic E-state index is 0.112. The molecule has 0 aromatic rings. The summed E-state index contributed by atoms with van der Waals surface area (Å²) in [4.78, 5) is 27.5. The summed E-state index contributed by atoms with van der Waals surface area (Å²) in [6, 6.07) is 0. The third-order valence-electron chi connectivity index (χ3n) is 4.99. The van der Waals surface area contributed by atoms with E-state index >= 15 is 0 Å². The fourth-order valence-electron chi connectivity index (χ4n) is 3.57. The first kappa shape index (κ1) is 15.5. The molecule has 0 atom stereocenters. The number of amides is 1. The highest BCUT2D eigenvalue weighted by molar-refractivity contribution is 5.78. The van der Waals surface area contributed by atoms with Gasteiger partial charge in [-0.3, -0.25) is 14.5 Å². The van der Waals surface area contributed by atoms with Crippen LogP contribution in [0, 0.1) is 11.3 Å². The summed E-state index contributed by atoms with van der Waals surface area (Å²) in [6.07, 6.45) is 4.65. The predicted molar refractivity (Wildman–Crippen MR) is 79.4 cm³/mol. The first-order chi connectivity index (χ1) is 9.42. The molecule has 0 N–H and O–H groups in total. The molecule has 0 aromatic heterocycles. The lowest BCUT2D eigenvalue weighted by molar-refractivity contribution is -0.137. The molecule has 2 heterocycles. The maximum atomic E-state index is 12.0. The lowest BCUT2D eigenvalue weighted by Gasteiger charge is -2.47. The summed E-state index contributed by atoms with van der Waals surface area (Å²) in [5.41, 5.74) is 0.432. The maximum Gasteiger partial charge on any atom is 0.225 e. The number of carbonyl (C=O) groups excluding carboxylic acids is 2. The summed E-state index contributed by atoms with van der Waals surface area (Å²) in [5.74, 6) is 0.675. The number of carbonyl (C=O) groups is 2. The standard InChI is InChI=1S/C16H28N2O2/c1-13(2)15(20)18-10-6-16(7-11-18)4-8-17(9-5-16)12-14(3)19/h13H,4-12H2,1-3H3. The lowest BCUT2D eigenvalue weighted by atomic mass is 9.71. The Morgan fingerprint density at radius 1 is 1.00 bits per heavy atom. The Bertz CT molecular complexity index is 361. The van der Waals surface area contributed by atoms with Gasteiger partial charge in [0.25, 0.3) is 0 Å². The van der Waals surface area contributed by atoms with E-state index in [9.17, 15) is 9.59 Å². The molecule has 2 rings (SSSR count). The number of likely N-dealkylation sites (tertiary alicyclic amines) is 2. The first-order valence-corrected chi connectivity index (χ1v) is 7.92. The van der Waals surface area contributed by atoms with Crippen molar-refractivity contribution in [3.05, 3.63) is 0 Å². The minimum Gasteiger partial charge on any atom is -0.342 e. The monoisotopic (exact) mass is 280 g/mol. The van der Waals surface area contributed by atoms with Gasteiger partial charge in [-0.25, -0.2) is 0 Å². The number of Topliss-reactive ketones (excluding diaryl/α,β-unsaturated/α-hetero) is 1. The molecule has 0 saturated carbocycles. The van der Waals surface area contributed by atoms with Gasteiger partial charge in [0.15, 0.2) is 0 Å². The molecule has 1 amide bonds. The Labute approximate surface area is 122 Å². The zero-order valence-corrected chi connectivity index (χ0v) is 13.2. The van der Waals surface area contributed by atoms with Crippen molar-refractivity contribution in [3.8, 4) is 0 Å². The van der Waals surface area contributed by atoms with E-state index in [0.29, 0.717) is 17.9 Å². The second kappa shape index (κ2) is 6.25. The molecule has 1 spiro atoms. The van der Waals surface area contributed by atoms with Crippen LogP contribution in [0.3, 0.4) is 0 Å². The molecule has 0 aliphatic carbocycles. The number of nitrogens with zero attached hydrogens (tertiary/aromatic N) is 2. The quantitative estimate of drug-likeness (QED) is 0.793. The van der Waals surface area contributed by atoms with Crippen molar-refractivity contribution in [1.82, 2.24) is 9.80 Å². The van der Waals surface area contributed by atoms with Crippen LogP contribution in [0.15, 0.2) is 0 Å². The van der Waals surface area contributed by atoms with E-state index in [4.69, 9.17) is 0 Å². The van der Waals surface area contributed by atoms with Crippen LogP contribution in [0.1, 0.15) is 46.5 Å². The summed E-state index contributed by atoms with van der Waals surface area (Å²) < 4.78 is 0. The van der Waals surface area contributed by atoms with Gasteiger partial charge in [-0.1, -0.05) is 13.8 Å². The van der Waals surface area contributed by atoms with Gasteiger partial charge >= 0.3 is 0 Å². The largest absolute Gasteiger partial charge is 0.342 e. The topological polar surface area (TPSA) is 40.6 Å². The number of hydrogen-bond acceptors (Lipinski definition) is 3. The highest BCUT2D eigenvalue weighted by Gasteiger charge is 2.38. The van der Waals surface area contributed by atoms with Gasteiger partial charge in [0.2, 0.25) is 5.91 Å². The third kappa shape index (κ3) is 3.60. The smallest absolute Gasteiger partial charge is 0.225 e. The van der Waals surface area contributed by atoms with E-state index in [-0.39, 0.29) is 11.7 Å². The Kier molecular flexibility index (Phi) is 4.84. The molecule has 2 saturated heterocycles. The van der Waals surface area contributed by atoms with E-state index in [0.717, 1.165) is 39.0 Å². The minimum atomic E-state index is 0.112. The van der Waals surface area contributed by atoms with Crippen molar-refractivity contribution in [3.63, 3.8) is 0 Å². The van der Waals surface area contributed by atoms with Gasteiger partial charge in [-0.2, -0.15) is 0 Å². The van der Waals surface area contributed by atoms with Gasteiger partial charge in [0.1, 0.15) is 5.78 Å². The molecule has 0 bridgehead atoms. The Hall–Kier alpha value is -0.900. The molecule has 4 heteroatoms. The van der Waals surface area contributed by atoms with Gasteiger partial charge in [-0.05, 0) is 51.1 Å². The summed E-state index contributed by atoms with van der Waals surface area (Å²) in [6.45, 7) is 10.1. The van der Waals surface area contributed by atoms with Crippen LogP contribution in [0.2, 0.25) is 0 Å². The molecule has 4 nitrogen and oxygen atoms in total. The second-order valence-electron chi connectivity index (χ2n) is 6.96. The Morgan fingerprint density at radius 3 is 1.95 bits per heavy atom. The lowest BCUT2D eigenvalue weighted by Crippen LogP contribution is -2.49. The third-order valence-corrected chi connectivity index (χ3v) is 4.99. The fraction of sp³-hybridized carbons (Fsp3) is 0.875. The van der Waals surface area contributed by atoms with Crippen molar-refractivity contribution in [2.75, 3.05) is 32.7 Å². The van der Waals surface area contributed by atoms with Crippen LogP contribution in [0.5, 0.6) is 0 Å². The average Bonchev–Trinajstić information content (AvgIpc) is 2.41. The summed E-state index contributed by atoms with van der Waals surface area (Å²) in [5, 5.41) is 0. The Morgan fingerprint density at radius 2 is 1.50 bits per heavy atom. The number of piperidine rings is 2. The number of ketones is 1. The van der Waals surface area contributed by atoms with Crippen LogP contribution < -0.4 is 0 Å². The van der Waals surface area contributed by atoms with Gasteiger partial charge in [-0.15, -0.1) is 0 Å². The number of hydrogen-bond donors (Lipinski definition) is 0. The van der Waals surface area contributed by atoms with E-state index in [2.05, 4.69) is 4.90 Å². The van der Waals surface area contributed by atoms with Gasteiger partial charge in [0, 0.05) is 19.0 Å². The SMILES string of the molecule is CC(=O)CN1CCC2(CC1)CCN(C(=O)C(C)C)CC2. The van der Waals surface area contributed by atoms with Crippen LogP contribution in [-0.4, -0.2) is 54.2 Å². The van der Waals surface area contributed by atoms with Crippen molar-refractivity contribution >= 4 is 11.7 Å². The summed E-state index contributed by atoms with van der Waals surface area (Å²) >= 11 is 0. The molecule has 0 unspecified atom stereocenters. The molecule has 2 aliphatic rings. The average molecular weight is 280 g/mol. The van der Waals surface area contributed by atoms with Crippen molar-refractivity contribution < 1.29 is 9.59 Å². The van der Waals surface area contributed by atoms with Crippen LogP contribution >= 0.6 is 0 Å². The normalized spacial score (nSPS) is 23.3. The molecule has 0 radical (unpaired) electrons. The molecular formula is C16H28N2O2. The van der Waals surface area contributed by atoms with E-state index < -0.39 is 0 Å². The highest BCUT2D eigenvalue weighted by atomic mass is 16.2. The van der Waals surface area contributed by atoms with Crippen molar-refractivity contribution in [1.29, 1.82) is 0 Å². The maximum absolute atomic E-state index is 12.0. The zero-order chi connectivity index (χ0) is 14.8.